The Labute approximate surface area is 120 Å². The Bertz CT molecular complexity index is 442. The average Bonchev–Trinajstić information content (AvgIpc) is 2.48. The molecule has 0 aliphatic carbocycles. The van der Waals surface area contributed by atoms with Gasteiger partial charge < -0.3 is 15.4 Å². The van der Waals surface area contributed by atoms with Crippen LogP contribution in [0.3, 0.4) is 0 Å². The second-order valence-corrected chi connectivity index (χ2v) is 5.41. The van der Waals surface area contributed by atoms with Crippen molar-refractivity contribution < 1.29 is 9.53 Å². The molecule has 1 aliphatic rings. The molecule has 1 saturated heterocycles. The summed E-state index contributed by atoms with van der Waals surface area (Å²) < 4.78 is 5.69. The summed E-state index contributed by atoms with van der Waals surface area (Å²) in [6, 6.07) is 7.73. The van der Waals surface area contributed by atoms with E-state index in [-0.39, 0.29) is 12.0 Å². The average molecular weight is 276 g/mol. The van der Waals surface area contributed by atoms with Crippen molar-refractivity contribution in [1.82, 2.24) is 4.90 Å². The number of benzene rings is 1. The van der Waals surface area contributed by atoms with Crippen molar-refractivity contribution in [3.8, 4) is 0 Å². The van der Waals surface area contributed by atoms with Gasteiger partial charge in [-0.3, -0.25) is 4.79 Å². The first kappa shape index (κ1) is 15.0. The van der Waals surface area contributed by atoms with E-state index in [1.165, 1.54) is 6.42 Å². The number of nitrogens with zero attached hydrogens (tertiary/aromatic N) is 1. The van der Waals surface area contributed by atoms with Gasteiger partial charge in [0.25, 0.3) is 5.91 Å². The summed E-state index contributed by atoms with van der Waals surface area (Å²) >= 11 is 0. The number of hydrogen-bond donors (Lipinski definition) is 1. The molecule has 0 bridgehead atoms. The molecule has 0 spiro atoms. The van der Waals surface area contributed by atoms with Crippen molar-refractivity contribution in [2.24, 2.45) is 5.73 Å². The van der Waals surface area contributed by atoms with Gasteiger partial charge in [-0.25, -0.2) is 0 Å². The van der Waals surface area contributed by atoms with Gasteiger partial charge in [0.1, 0.15) is 0 Å². The van der Waals surface area contributed by atoms with Crippen molar-refractivity contribution in [1.29, 1.82) is 0 Å². The summed E-state index contributed by atoms with van der Waals surface area (Å²) in [5.41, 5.74) is 7.40. The number of rotatable bonds is 5. The molecule has 1 heterocycles. The molecule has 1 aliphatic heterocycles. The van der Waals surface area contributed by atoms with E-state index in [1.807, 2.05) is 31.3 Å². The third-order valence-corrected chi connectivity index (χ3v) is 3.71. The van der Waals surface area contributed by atoms with E-state index in [9.17, 15) is 4.79 Å². The topological polar surface area (TPSA) is 55.6 Å². The van der Waals surface area contributed by atoms with Gasteiger partial charge in [0.05, 0.1) is 6.10 Å². The maximum absolute atomic E-state index is 12.4. The lowest BCUT2D eigenvalue weighted by atomic mass is 10.1. The maximum atomic E-state index is 12.4. The third-order valence-electron chi connectivity index (χ3n) is 3.71. The molecule has 4 nitrogen and oxygen atoms in total. The lowest BCUT2D eigenvalue weighted by Crippen LogP contribution is -2.37. The van der Waals surface area contributed by atoms with Crippen molar-refractivity contribution >= 4 is 5.91 Å². The van der Waals surface area contributed by atoms with Crippen molar-refractivity contribution in [3.05, 3.63) is 35.4 Å². The number of nitrogens with two attached hydrogens (primary N) is 1. The van der Waals surface area contributed by atoms with Gasteiger partial charge >= 0.3 is 0 Å². The highest BCUT2D eigenvalue weighted by atomic mass is 16.5. The van der Waals surface area contributed by atoms with Crippen molar-refractivity contribution in [3.63, 3.8) is 0 Å². The highest BCUT2D eigenvalue weighted by molar-refractivity contribution is 5.94. The molecule has 110 valence electrons. The highest BCUT2D eigenvalue weighted by Crippen LogP contribution is 2.15. The first-order valence-electron chi connectivity index (χ1n) is 7.37. The molecule has 2 N–H and O–H groups in total. The summed E-state index contributed by atoms with van der Waals surface area (Å²) in [7, 11) is 1.84. The Morgan fingerprint density at radius 2 is 2.30 bits per heavy atom. The molecule has 1 aromatic carbocycles. The molecule has 0 saturated carbocycles. The van der Waals surface area contributed by atoms with Crippen LogP contribution in [0.5, 0.6) is 0 Å². The summed E-state index contributed by atoms with van der Waals surface area (Å²) in [5, 5.41) is 0. The Hall–Kier alpha value is -1.39. The van der Waals surface area contributed by atoms with E-state index in [4.69, 9.17) is 10.5 Å². The molecule has 2 rings (SSSR count). The largest absolute Gasteiger partial charge is 0.376 e. The predicted octanol–water partition coefficient (Wildman–Crippen LogP) is 1.83. The van der Waals surface area contributed by atoms with Gasteiger partial charge in [-0.15, -0.1) is 0 Å². The molecule has 4 heteroatoms. The molecule has 20 heavy (non-hydrogen) atoms. The van der Waals surface area contributed by atoms with E-state index in [0.717, 1.165) is 37.0 Å². The quantitative estimate of drug-likeness (QED) is 0.892. The van der Waals surface area contributed by atoms with Gasteiger partial charge in [-0.05, 0) is 49.9 Å². The van der Waals surface area contributed by atoms with Gasteiger partial charge in [-0.1, -0.05) is 12.1 Å². The minimum Gasteiger partial charge on any atom is -0.376 e. The van der Waals surface area contributed by atoms with Crippen LogP contribution >= 0.6 is 0 Å². The molecule has 1 atom stereocenters. The zero-order chi connectivity index (χ0) is 14.4. The predicted molar refractivity (Wildman–Crippen MR) is 79.8 cm³/mol. The lowest BCUT2D eigenvalue weighted by molar-refractivity contribution is -0.000188. The fraction of sp³-hybridized carbons (Fsp3) is 0.562. The molecular formula is C16H24N2O2. The Morgan fingerprint density at radius 3 is 3.00 bits per heavy atom. The van der Waals surface area contributed by atoms with Crippen LogP contribution in [0.1, 0.15) is 35.2 Å². The molecule has 1 unspecified atom stereocenters. The Kier molecular flexibility index (Phi) is 5.56. The van der Waals surface area contributed by atoms with Crippen molar-refractivity contribution in [2.45, 2.75) is 31.8 Å². The summed E-state index contributed by atoms with van der Waals surface area (Å²) in [5.74, 6) is 0.0537. The van der Waals surface area contributed by atoms with Crippen LogP contribution in [0, 0.1) is 0 Å². The number of likely N-dealkylation sites (N-methyl/N-ethyl adjacent to an activating group) is 1. The maximum Gasteiger partial charge on any atom is 0.253 e. The SMILES string of the molecule is CN(CC1CCCCO1)C(=O)c1cccc(CCN)c1. The fourth-order valence-electron chi connectivity index (χ4n) is 2.59. The first-order chi connectivity index (χ1) is 9.70. The summed E-state index contributed by atoms with van der Waals surface area (Å²) in [4.78, 5) is 14.2. The van der Waals surface area contributed by atoms with Crippen LogP contribution in [-0.2, 0) is 11.2 Å². The second-order valence-electron chi connectivity index (χ2n) is 5.41. The normalized spacial score (nSPS) is 18.8. The van der Waals surface area contributed by atoms with Crippen LogP contribution in [-0.4, -0.2) is 43.7 Å². The second kappa shape index (κ2) is 7.41. The smallest absolute Gasteiger partial charge is 0.253 e. The number of ether oxygens (including phenoxy) is 1. The minimum atomic E-state index is 0.0537. The van der Waals surface area contributed by atoms with E-state index < -0.39 is 0 Å². The number of carbonyl (C=O) groups excluding carboxylic acids is 1. The number of hydrogen-bond acceptors (Lipinski definition) is 3. The van der Waals surface area contributed by atoms with E-state index >= 15 is 0 Å². The highest BCUT2D eigenvalue weighted by Gasteiger charge is 2.19. The van der Waals surface area contributed by atoms with Crippen LogP contribution in [0.2, 0.25) is 0 Å². The van der Waals surface area contributed by atoms with E-state index in [2.05, 4.69) is 0 Å². The summed E-state index contributed by atoms with van der Waals surface area (Å²) in [6.45, 7) is 2.09. The van der Waals surface area contributed by atoms with Crippen LogP contribution in [0.4, 0.5) is 0 Å². The van der Waals surface area contributed by atoms with Crippen LogP contribution in [0.25, 0.3) is 0 Å². The third kappa shape index (κ3) is 4.05. The Morgan fingerprint density at radius 1 is 1.45 bits per heavy atom. The van der Waals surface area contributed by atoms with Gasteiger partial charge in [0.2, 0.25) is 0 Å². The zero-order valence-corrected chi connectivity index (χ0v) is 12.2. The molecule has 0 aromatic heterocycles. The zero-order valence-electron chi connectivity index (χ0n) is 12.2. The van der Waals surface area contributed by atoms with Crippen LogP contribution < -0.4 is 5.73 Å². The number of amides is 1. The van der Waals surface area contributed by atoms with Gasteiger partial charge in [0, 0.05) is 25.8 Å². The molecule has 1 fully saturated rings. The lowest BCUT2D eigenvalue weighted by Gasteiger charge is -2.27. The molecule has 1 aromatic rings. The van der Waals surface area contributed by atoms with E-state index in [0.29, 0.717) is 13.1 Å². The fourth-order valence-corrected chi connectivity index (χ4v) is 2.59. The van der Waals surface area contributed by atoms with Crippen molar-refractivity contribution in [2.75, 3.05) is 26.7 Å². The van der Waals surface area contributed by atoms with E-state index in [1.54, 1.807) is 4.90 Å². The Balaban J connectivity index is 1.96. The molecular weight excluding hydrogens is 252 g/mol. The van der Waals surface area contributed by atoms with Gasteiger partial charge in [-0.2, -0.15) is 0 Å². The van der Waals surface area contributed by atoms with Crippen LogP contribution in [0.15, 0.2) is 24.3 Å². The molecule has 0 radical (unpaired) electrons. The minimum absolute atomic E-state index is 0.0537. The monoisotopic (exact) mass is 276 g/mol. The summed E-state index contributed by atoms with van der Waals surface area (Å²) in [6.07, 6.45) is 4.36. The standard InChI is InChI=1S/C16H24N2O2/c1-18(12-15-7-2-3-10-20-15)16(19)14-6-4-5-13(11-14)8-9-17/h4-6,11,15H,2-3,7-10,12,17H2,1H3. The first-order valence-corrected chi connectivity index (χ1v) is 7.37. The molecule has 1 amide bonds. The number of carbonyl (C=O) groups is 1. The van der Waals surface area contributed by atoms with Gasteiger partial charge in [0.15, 0.2) is 0 Å².